The van der Waals surface area contributed by atoms with E-state index in [0.717, 1.165) is 52.0 Å². The molecule has 1 fully saturated rings. The fraction of sp³-hybridized carbons (Fsp3) is 0.367. The molecule has 0 N–H and O–H groups in total. The monoisotopic (exact) mass is 467 g/mol. The second-order valence-corrected chi connectivity index (χ2v) is 9.81. The number of carbonyl (C=O) groups excluding carboxylic acids is 1. The summed E-state index contributed by atoms with van der Waals surface area (Å²) in [6, 6.07) is 16.2. The lowest BCUT2D eigenvalue weighted by atomic mass is 9.96. The summed E-state index contributed by atoms with van der Waals surface area (Å²) < 4.78 is 8.62. The maximum atomic E-state index is 13.7. The normalized spacial score (nSPS) is 14.1. The van der Waals surface area contributed by atoms with Crippen LogP contribution in [0.15, 0.2) is 67.1 Å². The average Bonchev–Trinajstić information content (AvgIpc) is 3.50. The van der Waals surface area contributed by atoms with Gasteiger partial charge in [0, 0.05) is 47.7 Å². The number of nitrogens with zero attached hydrogens (tertiary/aromatic N) is 3. The molecule has 4 aromatic rings. The predicted octanol–water partition coefficient (Wildman–Crippen LogP) is 6.74. The van der Waals surface area contributed by atoms with Crippen molar-refractivity contribution in [2.75, 3.05) is 0 Å². The highest BCUT2D eigenvalue weighted by molar-refractivity contribution is 6.10. The molecule has 0 radical (unpaired) electrons. The SMILES string of the molecule is CC(C)c1c(C(=O)CCc2cccnc2)c2ccc(OC3CCCC3)cc2n1Cc1ccccn1. The summed E-state index contributed by atoms with van der Waals surface area (Å²) in [5.74, 6) is 1.24. The molecule has 3 heterocycles. The molecule has 5 rings (SSSR count). The van der Waals surface area contributed by atoms with Gasteiger partial charge in [0.05, 0.1) is 23.9 Å². The van der Waals surface area contributed by atoms with Gasteiger partial charge >= 0.3 is 0 Å². The van der Waals surface area contributed by atoms with Crippen molar-refractivity contribution in [2.45, 2.75) is 70.9 Å². The van der Waals surface area contributed by atoms with Gasteiger partial charge in [-0.25, -0.2) is 0 Å². The third-order valence-corrected chi connectivity index (χ3v) is 6.92. The lowest BCUT2D eigenvalue weighted by molar-refractivity contribution is 0.0983. The molecule has 0 spiro atoms. The summed E-state index contributed by atoms with van der Waals surface area (Å²) in [7, 11) is 0. The highest BCUT2D eigenvalue weighted by atomic mass is 16.5. The molecular formula is C30H33N3O2. The summed E-state index contributed by atoms with van der Waals surface area (Å²) in [5, 5.41) is 1.000. The predicted molar refractivity (Wildman–Crippen MR) is 139 cm³/mol. The number of rotatable bonds is 9. The molecule has 0 bridgehead atoms. The zero-order valence-corrected chi connectivity index (χ0v) is 20.6. The summed E-state index contributed by atoms with van der Waals surface area (Å²) in [4.78, 5) is 22.5. The fourth-order valence-corrected chi connectivity index (χ4v) is 5.27. The van der Waals surface area contributed by atoms with Gasteiger partial charge in [0.25, 0.3) is 0 Å². The molecule has 3 aromatic heterocycles. The highest BCUT2D eigenvalue weighted by Crippen LogP contribution is 2.36. The molecule has 0 atom stereocenters. The second kappa shape index (κ2) is 10.4. The molecule has 1 aliphatic carbocycles. The number of aromatic nitrogens is 3. The van der Waals surface area contributed by atoms with Crippen LogP contribution in [0.4, 0.5) is 0 Å². The number of Topliss-reactive ketones (excluding diaryl/α,β-unsaturated/α-hetero) is 1. The Morgan fingerprint density at radius 3 is 2.66 bits per heavy atom. The lowest BCUT2D eigenvalue weighted by Crippen LogP contribution is -2.12. The Labute approximate surface area is 207 Å². The van der Waals surface area contributed by atoms with Crippen LogP contribution in [0.3, 0.4) is 0 Å². The standard InChI is InChI=1S/C30H33N3O2/c1-21(2)30-29(28(34)15-12-22-8-7-16-31-19-22)26-14-13-25(35-24-10-3-4-11-24)18-27(26)33(30)20-23-9-5-6-17-32-23/h5-9,13-14,16-19,21,24H,3-4,10-12,15,20H2,1-2H3. The minimum atomic E-state index is 0.173. The molecule has 0 aliphatic heterocycles. The smallest absolute Gasteiger partial charge is 0.165 e. The van der Waals surface area contributed by atoms with Gasteiger partial charge in [-0.05, 0) is 73.9 Å². The number of fused-ring (bicyclic) bond motifs is 1. The molecule has 0 saturated heterocycles. The molecule has 0 amide bonds. The van der Waals surface area contributed by atoms with Gasteiger partial charge in [-0.3, -0.25) is 14.8 Å². The molecule has 1 aliphatic rings. The van der Waals surface area contributed by atoms with E-state index in [0.29, 0.717) is 19.4 Å². The minimum Gasteiger partial charge on any atom is -0.490 e. The van der Waals surface area contributed by atoms with Crippen LogP contribution in [0.5, 0.6) is 5.75 Å². The number of hydrogen-bond donors (Lipinski definition) is 0. The van der Waals surface area contributed by atoms with Crippen LogP contribution in [0.1, 0.15) is 79.2 Å². The fourth-order valence-electron chi connectivity index (χ4n) is 5.27. The van der Waals surface area contributed by atoms with Gasteiger partial charge in [0.15, 0.2) is 5.78 Å². The van der Waals surface area contributed by atoms with E-state index in [1.807, 2.05) is 48.8 Å². The molecule has 1 saturated carbocycles. The van der Waals surface area contributed by atoms with Gasteiger partial charge in [-0.1, -0.05) is 26.0 Å². The zero-order chi connectivity index (χ0) is 24.2. The number of ketones is 1. The van der Waals surface area contributed by atoms with Crippen LogP contribution in [0.2, 0.25) is 0 Å². The number of hydrogen-bond acceptors (Lipinski definition) is 4. The van der Waals surface area contributed by atoms with E-state index >= 15 is 0 Å². The largest absolute Gasteiger partial charge is 0.490 e. The van der Waals surface area contributed by atoms with Crippen LogP contribution in [-0.2, 0) is 13.0 Å². The van der Waals surface area contributed by atoms with Gasteiger partial charge in [-0.15, -0.1) is 0 Å². The number of ether oxygens (including phenoxy) is 1. The number of aryl methyl sites for hydroxylation is 1. The lowest BCUT2D eigenvalue weighted by Gasteiger charge is -2.16. The highest BCUT2D eigenvalue weighted by Gasteiger charge is 2.25. The maximum absolute atomic E-state index is 13.7. The topological polar surface area (TPSA) is 57.0 Å². The van der Waals surface area contributed by atoms with Crippen molar-refractivity contribution >= 4 is 16.7 Å². The maximum Gasteiger partial charge on any atom is 0.165 e. The van der Waals surface area contributed by atoms with Crippen molar-refractivity contribution in [3.05, 3.63) is 89.6 Å². The van der Waals surface area contributed by atoms with E-state index < -0.39 is 0 Å². The van der Waals surface area contributed by atoms with Gasteiger partial charge in [-0.2, -0.15) is 0 Å². The molecule has 180 valence electrons. The van der Waals surface area contributed by atoms with Crippen LogP contribution in [-0.4, -0.2) is 26.4 Å². The Kier molecular flexibility index (Phi) is 6.94. The molecule has 1 aromatic carbocycles. The second-order valence-electron chi connectivity index (χ2n) is 9.81. The van der Waals surface area contributed by atoms with Gasteiger partial charge < -0.3 is 9.30 Å². The minimum absolute atomic E-state index is 0.173. The molecule has 0 unspecified atom stereocenters. The third-order valence-electron chi connectivity index (χ3n) is 6.92. The van der Waals surface area contributed by atoms with Gasteiger partial charge in [0.1, 0.15) is 5.75 Å². The average molecular weight is 468 g/mol. The summed E-state index contributed by atoms with van der Waals surface area (Å²) in [6.07, 6.45) is 11.5. The number of carbonyl (C=O) groups is 1. The van der Waals surface area contributed by atoms with Crippen molar-refractivity contribution in [1.29, 1.82) is 0 Å². The molecular weight excluding hydrogens is 434 g/mol. The van der Waals surface area contributed by atoms with E-state index in [1.54, 1.807) is 6.20 Å². The summed E-state index contributed by atoms with van der Waals surface area (Å²) in [6.45, 7) is 4.95. The van der Waals surface area contributed by atoms with Gasteiger partial charge in [0.2, 0.25) is 0 Å². The van der Waals surface area contributed by atoms with Crippen molar-refractivity contribution in [3.63, 3.8) is 0 Å². The van der Waals surface area contributed by atoms with Crippen LogP contribution in [0, 0.1) is 0 Å². The first kappa shape index (κ1) is 23.3. The van der Waals surface area contributed by atoms with Crippen molar-refractivity contribution in [3.8, 4) is 5.75 Å². The Morgan fingerprint density at radius 1 is 1.09 bits per heavy atom. The number of pyridine rings is 2. The van der Waals surface area contributed by atoms with Crippen molar-refractivity contribution < 1.29 is 9.53 Å². The zero-order valence-electron chi connectivity index (χ0n) is 20.6. The van der Waals surface area contributed by atoms with E-state index in [-0.39, 0.29) is 17.8 Å². The Balaban J connectivity index is 1.57. The third kappa shape index (κ3) is 5.14. The molecule has 5 heteroatoms. The molecule has 5 nitrogen and oxygen atoms in total. The first-order valence-corrected chi connectivity index (χ1v) is 12.7. The Morgan fingerprint density at radius 2 is 1.94 bits per heavy atom. The van der Waals surface area contributed by atoms with E-state index in [4.69, 9.17) is 4.74 Å². The van der Waals surface area contributed by atoms with E-state index in [9.17, 15) is 4.79 Å². The van der Waals surface area contributed by atoms with Crippen LogP contribution < -0.4 is 4.74 Å². The van der Waals surface area contributed by atoms with E-state index in [2.05, 4.69) is 40.5 Å². The van der Waals surface area contributed by atoms with Crippen molar-refractivity contribution in [1.82, 2.24) is 14.5 Å². The van der Waals surface area contributed by atoms with Crippen molar-refractivity contribution in [2.24, 2.45) is 0 Å². The van der Waals surface area contributed by atoms with Crippen LogP contribution in [0.25, 0.3) is 10.9 Å². The Bertz CT molecular complexity index is 1290. The molecule has 35 heavy (non-hydrogen) atoms. The first-order valence-electron chi connectivity index (χ1n) is 12.7. The Hall–Kier alpha value is -3.47. The van der Waals surface area contributed by atoms with Crippen LogP contribution >= 0.6 is 0 Å². The van der Waals surface area contributed by atoms with E-state index in [1.165, 1.54) is 12.8 Å². The summed E-state index contributed by atoms with van der Waals surface area (Å²) in [5.41, 5.74) is 5.00. The summed E-state index contributed by atoms with van der Waals surface area (Å²) >= 11 is 0. The first-order chi connectivity index (χ1) is 17.1. The number of benzene rings is 1. The quantitative estimate of drug-likeness (QED) is 0.256.